The second kappa shape index (κ2) is 4.81. The van der Waals surface area contributed by atoms with Crippen molar-refractivity contribution in [1.29, 1.82) is 0 Å². The monoisotopic (exact) mass is 246 g/mol. The SMILES string of the molecule is CCc1ncc(-c2nc([C@H]3CCOC3)no2)cn1. The first kappa shape index (κ1) is 11.3. The van der Waals surface area contributed by atoms with E-state index in [4.69, 9.17) is 9.26 Å². The van der Waals surface area contributed by atoms with Gasteiger partial charge in [-0.15, -0.1) is 0 Å². The third kappa shape index (κ3) is 2.11. The lowest BCUT2D eigenvalue weighted by molar-refractivity contribution is 0.192. The molecule has 0 bridgehead atoms. The Morgan fingerprint density at radius 2 is 2.17 bits per heavy atom. The Bertz CT molecular complexity index is 517. The fraction of sp³-hybridized carbons (Fsp3) is 0.500. The molecule has 94 valence electrons. The van der Waals surface area contributed by atoms with Crippen molar-refractivity contribution in [3.8, 4) is 11.5 Å². The number of ether oxygens (including phenoxy) is 1. The van der Waals surface area contributed by atoms with Crippen LogP contribution in [0.25, 0.3) is 11.5 Å². The molecule has 0 unspecified atom stereocenters. The number of rotatable bonds is 3. The van der Waals surface area contributed by atoms with Gasteiger partial charge in [-0.1, -0.05) is 12.1 Å². The zero-order valence-corrected chi connectivity index (χ0v) is 10.2. The van der Waals surface area contributed by atoms with E-state index < -0.39 is 0 Å². The Kier molecular flexibility index (Phi) is 3.02. The Labute approximate surface area is 104 Å². The summed E-state index contributed by atoms with van der Waals surface area (Å²) in [4.78, 5) is 12.8. The van der Waals surface area contributed by atoms with Crippen LogP contribution >= 0.6 is 0 Å². The highest BCUT2D eigenvalue weighted by Crippen LogP contribution is 2.24. The lowest BCUT2D eigenvalue weighted by Crippen LogP contribution is -1.99. The molecule has 0 N–H and O–H groups in total. The number of aromatic nitrogens is 4. The summed E-state index contributed by atoms with van der Waals surface area (Å²) in [5.74, 6) is 2.24. The maximum Gasteiger partial charge on any atom is 0.261 e. The first-order valence-corrected chi connectivity index (χ1v) is 6.09. The van der Waals surface area contributed by atoms with Gasteiger partial charge in [-0.05, 0) is 6.42 Å². The summed E-state index contributed by atoms with van der Waals surface area (Å²) in [7, 11) is 0. The van der Waals surface area contributed by atoms with Gasteiger partial charge in [0.25, 0.3) is 5.89 Å². The molecule has 1 aliphatic rings. The third-order valence-electron chi connectivity index (χ3n) is 3.01. The van der Waals surface area contributed by atoms with Gasteiger partial charge in [0.1, 0.15) is 5.82 Å². The van der Waals surface area contributed by atoms with E-state index in [1.54, 1.807) is 12.4 Å². The lowest BCUT2D eigenvalue weighted by atomic mass is 10.1. The molecular formula is C12H14N4O2. The van der Waals surface area contributed by atoms with Crippen molar-refractivity contribution in [3.63, 3.8) is 0 Å². The van der Waals surface area contributed by atoms with Crippen LogP contribution in [-0.2, 0) is 11.2 Å². The van der Waals surface area contributed by atoms with Crippen LogP contribution in [0.1, 0.15) is 30.9 Å². The molecule has 2 aromatic rings. The molecule has 0 radical (unpaired) electrons. The molecule has 0 aromatic carbocycles. The van der Waals surface area contributed by atoms with Crippen LogP contribution in [-0.4, -0.2) is 33.3 Å². The van der Waals surface area contributed by atoms with Gasteiger partial charge in [0, 0.05) is 31.3 Å². The standard InChI is InChI=1S/C12H14N4O2/c1-2-10-13-5-9(6-14-10)12-15-11(16-18-12)8-3-4-17-7-8/h5-6,8H,2-4,7H2,1H3/t8-/m0/s1. The second-order valence-electron chi connectivity index (χ2n) is 4.26. The van der Waals surface area contributed by atoms with Gasteiger partial charge >= 0.3 is 0 Å². The van der Waals surface area contributed by atoms with Crippen LogP contribution in [0.4, 0.5) is 0 Å². The molecule has 3 heterocycles. The first-order chi connectivity index (χ1) is 8.86. The lowest BCUT2D eigenvalue weighted by Gasteiger charge is -1.98. The minimum Gasteiger partial charge on any atom is -0.381 e. The smallest absolute Gasteiger partial charge is 0.261 e. The summed E-state index contributed by atoms with van der Waals surface area (Å²) in [5.41, 5.74) is 0.755. The number of hydrogen-bond donors (Lipinski definition) is 0. The summed E-state index contributed by atoms with van der Waals surface area (Å²) in [6.45, 7) is 3.45. The number of aryl methyl sites for hydroxylation is 1. The normalized spacial score (nSPS) is 19.3. The molecule has 18 heavy (non-hydrogen) atoms. The Balaban J connectivity index is 1.82. The average Bonchev–Trinajstić information content (AvgIpc) is 3.09. The van der Waals surface area contributed by atoms with Crippen molar-refractivity contribution < 1.29 is 9.26 Å². The Morgan fingerprint density at radius 1 is 1.33 bits per heavy atom. The summed E-state index contributed by atoms with van der Waals surface area (Å²) in [6, 6.07) is 0. The molecule has 1 saturated heterocycles. The summed E-state index contributed by atoms with van der Waals surface area (Å²) < 4.78 is 10.6. The summed E-state index contributed by atoms with van der Waals surface area (Å²) in [6.07, 6.45) is 5.20. The molecule has 3 rings (SSSR count). The van der Waals surface area contributed by atoms with Crippen LogP contribution < -0.4 is 0 Å². The summed E-state index contributed by atoms with van der Waals surface area (Å²) in [5, 5.41) is 4.00. The molecular weight excluding hydrogens is 232 g/mol. The van der Waals surface area contributed by atoms with Crippen molar-refractivity contribution in [3.05, 3.63) is 24.0 Å². The molecule has 0 amide bonds. The highest BCUT2D eigenvalue weighted by Gasteiger charge is 2.23. The maximum atomic E-state index is 5.31. The largest absolute Gasteiger partial charge is 0.381 e. The van der Waals surface area contributed by atoms with Crippen molar-refractivity contribution in [2.45, 2.75) is 25.7 Å². The van der Waals surface area contributed by atoms with Gasteiger partial charge < -0.3 is 9.26 Å². The molecule has 6 nitrogen and oxygen atoms in total. The van der Waals surface area contributed by atoms with Crippen LogP contribution in [0.15, 0.2) is 16.9 Å². The van der Waals surface area contributed by atoms with E-state index in [0.717, 1.165) is 30.8 Å². The van der Waals surface area contributed by atoms with Gasteiger partial charge in [0.2, 0.25) is 0 Å². The number of hydrogen-bond acceptors (Lipinski definition) is 6. The maximum absolute atomic E-state index is 5.31. The molecule has 1 fully saturated rings. The van der Waals surface area contributed by atoms with Crippen LogP contribution in [0, 0.1) is 0 Å². The van der Waals surface area contributed by atoms with Gasteiger partial charge in [0.05, 0.1) is 12.2 Å². The van der Waals surface area contributed by atoms with Crippen LogP contribution in [0.2, 0.25) is 0 Å². The minimum atomic E-state index is 0.248. The molecule has 1 atom stereocenters. The highest BCUT2D eigenvalue weighted by molar-refractivity contribution is 5.49. The van der Waals surface area contributed by atoms with E-state index in [2.05, 4.69) is 20.1 Å². The van der Waals surface area contributed by atoms with Gasteiger partial charge in [-0.3, -0.25) is 0 Å². The second-order valence-corrected chi connectivity index (χ2v) is 4.26. The van der Waals surface area contributed by atoms with Gasteiger partial charge in [0.15, 0.2) is 5.82 Å². The fourth-order valence-corrected chi connectivity index (χ4v) is 1.90. The van der Waals surface area contributed by atoms with Crippen LogP contribution in [0.5, 0.6) is 0 Å². The quantitative estimate of drug-likeness (QED) is 0.818. The van der Waals surface area contributed by atoms with Gasteiger partial charge in [-0.25, -0.2) is 9.97 Å². The fourth-order valence-electron chi connectivity index (χ4n) is 1.90. The molecule has 1 aliphatic heterocycles. The predicted molar refractivity (Wildman–Crippen MR) is 62.9 cm³/mol. The molecule has 0 spiro atoms. The minimum absolute atomic E-state index is 0.248. The summed E-state index contributed by atoms with van der Waals surface area (Å²) >= 11 is 0. The Hall–Kier alpha value is -1.82. The van der Waals surface area contributed by atoms with Crippen molar-refractivity contribution in [1.82, 2.24) is 20.1 Å². The zero-order valence-electron chi connectivity index (χ0n) is 10.2. The van der Waals surface area contributed by atoms with E-state index in [1.807, 2.05) is 6.92 Å². The van der Waals surface area contributed by atoms with E-state index in [0.29, 0.717) is 18.3 Å². The molecule has 6 heteroatoms. The third-order valence-corrected chi connectivity index (χ3v) is 3.01. The molecule has 2 aromatic heterocycles. The number of nitrogens with zero attached hydrogens (tertiary/aromatic N) is 4. The molecule has 0 saturated carbocycles. The first-order valence-electron chi connectivity index (χ1n) is 6.09. The van der Waals surface area contributed by atoms with E-state index in [1.165, 1.54) is 0 Å². The topological polar surface area (TPSA) is 73.9 Å². The molecule has 0 aliphatic carbocycles. The van der Waals surface area contributed by atoms with Crippen molar-refractivity contribution in [2.24, 2.45) is 0 Å². The van der Waals surface area contributed by atoms with Crippen LogP contribution in [0.3, 0.4) is 0 Å². The van der Waals surface area contributed by atoms with E-state index in [-0.39, 0.29) is 5.92 Å². The zero-order chi connectivity index (χ0) is 12.4. The van der Waals surface area contributed by atoms with Crippen molar-refractivity contribution in [2.75, 3.05) is 13.2 Å². The Morgan fingerprint density at radius 3 is 2.83 bits per heavy atom. The van der Waals surface area contributed by atoms with E-state index >= 15 is 0 Å². The van der Waals surface area contributed by atoms with Crippen molar-refractivity contribution >= 4 is 0 Å². The van der Waals surface area contributed by atoms with Gasteiger partial charge in [-0.2, -0.15) is 4.98 Å². The van der Waals surface area contributed by atoms with E-state index in [9.17, 15) is 0 Å². The average molecular weight is 246 g/mol. The predicted octanol–water partition coefficient (Wildman–Crippen LogP) is 1.59. The highest BCUT2D eigenvalue weighted by atomic mass is 16.5.